The van der Waals surface area contributed by atoms with Crippen LogP contribution >= 0.6 is 11.6 Å². The van der Waals surface area contributed by atoms with Crippen LogP contribution in [0.3, 0.4) is 0 Å². The number of furan rings is 1. The molecule has 102 valence electrons. The van der Waals surface area contributed by atoms with E-state index in [2.05, 4.69) is 5.32 Å². The van der Waals surface area contributed by atoms with Gasteiger partial charge >= 0.3 is 0 Å². The zero-order chi connectivity index (χ0) is 13.8. The Bertz CT molecular complexity index is 540. The summed E-state index contributed by atoms with van der Waals surface area (Å²) >= 11 is 5.98. The molecule has 2 aromatic rings. The molecule has 0 aliphatic carbocycles. The quantitative estimate of drug-likeness (QED) is 0.881. The number of hydrogen-bond donors (Lipinski definition) is 2. The van der Waals surface area contributed by atoms with Gasteiger partial charge < -0.3 is 19.6 Å². The van der Waals surface area contributed by atoms with Crippen molar-refractivity contribution in [1.82, 2.24) is 5.32 Å². The summed E-state index contributed by atoms with van der Waals surface area (Å²) in [5, 5.41) is 13.8. The van der Waals surface area contributed by atoms with Gasteiger partial charge in [-0.3, -0.25) is 0 Å². The van der Waals surface area contributed by atoms with Crippen LogP contribution in [-0.4, -0.2) is 12.2 Å². The lowest BCUT2D eigenvalue weighted by molar-refractivity contribution is 0.367. The van der Waals surface area contributed by atoms with E-state index >= 15 is 0 Å². The molecule has 0 fully saturated rings. The molecule has 0 aliphatic rings. The second-order valence-corrected chi connectivity index (χ2v) is 4.67. The molecule has 0 aliphatic heterocycles. The van der Waals surface area contributed by atoms with Crippen molar-refractivity contribution in [3.8, 4) is 11.5 Å². The zero-order valence-electron chi connectivity index (χ0n) is 10.8. The standard InChI is InChI=1S/C14H16ClNO3/c1-9(12-4-3-5-19-12)16-8-10-6-11(15)7-13(18-2)14(10)17/h3-7,9,16-17H,8H2,1-2H3/t9-/m1/s1. The molecule has 19 heavy (non-hydrogen) atoms. The molecule has 0 amide bonds. The van der Waals surface area contributed by atoms with E-state index in [0.717, 1.165) is 5.76 Å². The monoisotopic (exact) mass is 281 g/mol. The van der Waals surface area contributed by atoms with E-state index in [0.29, 0.717) is 22.9 Å². The van der Waals surface area contributed by atoms with Gasteiger partial charge in [-0.05, 0) is 25.1 Å². The lowest BCUT2D eigenvalue weighted by atomic mass is 10.1. The first kappa shape index (κ1) is 13.8. The van der Waals surface area contributed by atoms with E-state index in [9.17, 15) is 5.11 Å². The maximum Gasteiger partial charge on any atom is 0.162 e. The largest absolute Gasteiger partial charge is 0.504 e. The SMILES string of the molecule is COc1cc(Cl)cc(CN[C@H](C)c2ccco2)c1O. The average Bonchev–Trinajstić information content (AvgIpc) is 2.93. The molecule has 0 radical (unpaired) electrons. The Morgan fingerprint density at radius 3 is 2.89 bits per heavy atom. The van der Waals surface area contributed by atoms with Crippen molar-refractivity contribution in [2.24, 2.45) is 0 Å². The Morgan fingerprint density at radius 2 is 2.26 bits per heavy atom. The molecule has 1 heterocycles. The number of ether oxygens (including phenoxy) is 1. The molecule has 1 aromatic carbocycles. The Kier molecular flexibility index (Phi) is 4.35. The van der Waals surface area contributed by atoms with Crippen LogP contribution in [0.25, 0.3) is 0 Å². The van der Waals surface area contributed by atoms with E-state index < -0.39 is 0 Å². The third-order valence-electron chi connectivity index (χ3n) is 2.91. The predicted molar refractivity (Wildman–Crippen MR) is 73.6 cm³/mol. The fourth-order valence-corrected chi connectivity index (χ4v) is 2.05. The van der Waals surface area contributed by atoms with Crippen LogP contribution in [0.4, 0.5) is 0 Å². The highest BCUT2D eigenvalue weighted by molar-refractivity contribution is 6.30. The Balaban J connectivity index is 2.09. The van der Waals surface area contributed by atoms with Crippen molar-refractivity contribution in [2.75, 3.05) is 7.11 Å². The average molecular weight is 282 g/mol. The Hall–Kier alpha value is -1.65. The number of phenols is 1. The summed E-state index contributed by atoms with van der Waals surface area (Å²) < 4.78 is 10.4. The van der Waals surface area contributed by atoms with Crippen molar-refractivity contribution in [3.63, 3.8) is 0 Å². The number of phenolic OH excluding ortho intramolecular Hbond substituents is 1. The lowest BCUT2D eigenvalue weighted by Gasteiger charge is -2.14. The highest BCUT2D eigenvalue weighted by Crippen LogP contribution is 2.33. The summed E-state index contributed by atoms with van der Waals surface area (Å²) in [5.41, 5.74) is 0.683. The highest BCUT2D eigenvalue weighted by atomic mass is 35.5. The summed E-state index contributed by atoms with van der Waals surface area (Å²) in [4.78, 5) is 0. The van der Waals surface area contributed by atoms with Crippen LogP contribution in [0.1, 0.15) is 24.3 Å². The van der Waals surface area contributed by atoms with Gasteiger partial charge in [-0.2, -0.15) is 0 Å². The summed E-state index contributed by atoms with van der Waals surface area (Å²) in [6.45, 7) is 2.45. The Labute approximate surface area is 117 Å². The molecule has 0 unspecified atom stereocenters. The molecule has 2 rings (SSSR count). The molecule has 0 spiro atoms. The number of halogens is 1. The lowest BCUT2D eigenvalue weighted by Crippen LogP contribution is -2.17. The fourth-order valence-electron chi connectivity index (χ4n) is 1.82. The van der Waals surface area contributed by atoms with Gasteiger partial charge in [0.1, 0.15) is 5.76 Å². The number of rotatable bonds is 5. The molecule has 0 saturated carbocycles. The maximum absolute atomic E-state index is 10.0. The number of methoxy groups -OCH3 is 1. The van der Waals surface area contributed by atoms with Crippen LogP contribution in [0.2, 0.25) is 5.02 Å². The van der Waals surface area contributed by atoms with Crippen molar-refractivity contribution in [1.29, 1.82) is 0 Å². The van der Waals surface area contributed by atoms with Crippen LogP contribution in [0.15, 0.2) is 34.9 Å². The van der Waals surface area contributed by atoms with Gasteiger partial charge in [0.15, 0.2) is 11.5 Å². The van der Waals surface area contributed by atoms with Crippen LogP contribution in [0, 0.1) is 0 Å². The first-order valence-corrected chi connectivity index (χ1v) is 6.31. The maximum atomic E-state index is 10.0. The second-order valence-electron chi connectivity index (χ2n) is 4.23. The Morgan fingerprint density at radius 1 is 1.47 bits per heavy atom. The molecule has 0 bridgehead atoms. The topological polar surface area (TPSA) is 54.6 Å². The van der Waals surface area contributed by atoms with Crippen LogP contribution < -0.4 is 10.1 Å². The van der Waals surface area contributed by atoms with Gasteiger partial charge in [0, 0.05) is 23.2 Å². The van der Waals surface area contributed by atoms with Crippen molar-refractivity contribution < 1.29 is 14.3 Å². The molecule has 4 nitrogen and oxygen atoms in total. The van der Waals surface area contributed by atoms with Gasteiger partial charge in [-0.15, -0.1) is 0 Å². The molecular formula is C14H16ClNO3. The molecule has 1 aromatic heterocycles. The zero-order valence-corrected chi connectivity index (χ0v) is 11.6. The van der Waals surface area contributed by atoms with Gasteiger partial charge in [0.25, 0.3) is 0 Å². The third kappa shape index (κ3) is 3.22. The van der Waals surface area contributed by atoms with E-state index in [1.807, 2.05) is 19.1 Å². The smallest absolute Gasteiger partial charge is 0.162 e. The van der Waals surface area contributed by atoms with Gasteiger partial charge in [-0.25, -0.2) is 0 Å². The van der Waals surface area contributed by atoms with Crippen LogP contribution in [0.5, 0.6) is 11.5 Å². The summed E-state index contributed by atoms with van der Waals surface area (Å²) in [6, 6.07) is 7.07. The predicted octanol–water partition coefficient (Wildman–Crippen LogP) is 3.50. The molecule has 1 atom stereocenters. The molecule has 2 N–H and O–H groups in total. The minimum absolute atomic E-state index is 0.0411. The minimum atomic E-state index is 0.0411. The van der Waals surface area contributed by atoms with Crippen LogP contribution in [-0.2, 0) is 6.54 Å². The molecular weight excluding hydrogens is 266 g/mol. The van der Waals surface area contributed by atoms with Crippen molar-refractivity contribution in [2.45, 2.75) is 19.5 Å². The van der Waals surface area contributed by atoms with Crippen molar-refractivity contribution >= 4 is 11.6 Å². The number of nitrogens with one attached hydrogen (secondary N) is 1. The van der Waals surface area contributed by atoms with Gasteiger partial charge in [0.2, 0.25) is 0 Å². The van der Waals surface area contributed by atoms with Gasteiger partial charge in [-0.1, -0.05) is 11.6 Å². The van der Waals surface area contributed by atoms with E-state index in [1.54, 1.807) is 18.4 Å². The van der Waals surface area contributed by atoms with E-state index in [4.69, 9.17) is 20.8 Å². The second kappa shape index (κ2) is 5.99. The normalized spacial score (nSPS) is 12.4. The first-order chi connectivity index (χ1) is 9.11. The van der Waals surface area contributed by atoms with Crippen molar-refractivity contribution in [3.05, 3.63) is 46.9 Å². The van der Waals surface area contributed by atoms with E-state index in [1.165, 1.54) is 7.11 Å². The first-order valence-electron chi connectivity index (χ1n) is 5.94. The third-order valence-corrected chi connectivity index (χ3v) is 3.13. The molecule has 5 heteroatoms. The van der Waals surface area contributed by atoms with E-state index in [-0.39, 0.29) is 11.8 Å². The minimum Gasteiger partial charge on any atom is -0.504 e. The summed E-state index contributed by atoms with van der Waals surface area (Å²) in [5.74, 6) is 1.31. The number of aromatic hydroxyl groups is 1. The number of hydrogen-bond acceptors (Lipinski definition) is 4. The summed E-state index contributed by atoms with van der Waals surface area (Å²) in [7, 11) is 1.49. The van der Waals surface area contributed by atoms with Gasteiger partial charge in [0.05, 0.1) is 19.4 Å². The summed E-state index contributed by atoms with van der Waals surface area (Å²) in [6.07, 6.45) is 1.63. The fraction of sp³-hybridized carbons (Fsp3) is 0.286. The number of benzene rings is 1. The molecule has 0 saturated heterocycles. The highest BCUT2D eigenvalue weighted by Gasteiger charge is 2.12.